The van der Waals surface area contributed by atoms with E-state index in [1.54, 1.807) is 30.3 Å². The normalized spacial score (nSPS) is 12.0. The number of carbonyl (C=O) groups excluding carboxylic acids is 1. The molecule has 3 aromatic rings. The van der Waals surface area contributed by atoms with Gasteiger partial charge in [-0.25, -0.2) is 13.4 Å². The van der Waals surface area contributed by atoms with Gasteiger partial charge in [0, 0.05) is 11.3 Å². The number of hydrogen-bond acceptors (Lipinski definition) is 6. The number of aromatic nitrogens is 1. The smallest absolute Gasteiger partial charge is 0.268 e. The minimum absolute atomic E-state index is 0.0894. The van der Waals surface area contributed by atoms with Crippen LogP contribution in [0.4, 0.5) is 5.13 Å². The van der Waals surface area contributed by atoms with Crippen LogP contribution in [0.3, 0.4) is 0 Å². The first kappa shape index (κ1) is 19.0. The third-order valence-electron chi connectivity index (χ3n) is 3.55. The van der Waals surface area contributed by atoms with Crippen molar-refractivity contribution in [2.45, 2.75) is 4.90 Å². The zero-order valence-electron chi connectivity index (χ0n) is 13.9. The molecule has 2 aromatic carbocycles. The fourth-order valence-electron chi connectivity index (χ4n) is 2.23. The maximum atomic E-state index is 12.4. The average Bonchev–Trinajstić information content (AvgIpc) is 3.01. The van der Waals surface area contributed by atoms with Gasteiger partial charge in [-0.15, -0.1) is 0 Å². The molecule has 27 heavy (non-hydrogen) atoms. The number of fused-ring (bicyclic) bond motifs is 1. The molecule has 0 aliphatic carbocycles. The molecule has 0 radical (unpaired) electrons. The van der Waals surface area contributed by atoms with Crippen LogP contribution in [0.25, 0.3) is 16.3 Å². The Hall–Kier alpha value is -2.73. The number of hydrogen-bond donors (Lipinski definition) is 1. The quantitative estimate of drug-likeness (QED) is 0.512. The first-order valence-corrected chi connectivity index (χ1v) is 10.6. The zero-order valence-corrected chi connectivity index (χ0v) is 16.3. The van der Waals surface area contributed by atoms with Crippen molar-refractivity contribution in [1.82, 2.24) is 4.98 Å². The minimum atomic E-state index is -3.33. The highest BCUT2D eigenvalue weighted by Crippen LogP contribution is 2.28. The lowest BCUT2D eigenvalue weighted by Crippen LogP contribution is -2.13. The van der Waals surface area contributed by atoms with Gasteiger partial charge in [0.1, 0.15) is 11.6 Å². The SMILES string of the molecule is CS(=O)(=O)c1ccc2nc(NC(=O)/C(C#N)=C/c3ccc(Cl)cc3)sc2c1. The fourth-order valence-corrected chi connectivity index (χ4v) is 3.98. The molecule has 1 aromatic heterocycles. The number of amides is 1. The van der Waals surface area contributed by atoms with Crippen molar-refractivity contribution in [1.29, 1.82) is 5.26 Å². The summed E-state index contributed by atoms with van der Waals surface area (Å²) in [6.45, 7) is 0. The molecule has 1 heterocycles. The molecule has 0 saturated heterocycles. The number of anilines is 1. The molecular formula is C18H12ClN3O3S2. The Labute approximate surface area is 164 Å². The zero-order chi connectivity index (χ0) is 19.6. The summed E-state index contributed by atoms with van der Waals surface area (Å²) in [7, 11) is -3.33. The Kier molecular flexibility index (Phi) is 5.28. The Balaban J connectivity index is 1.86. The van der Waals surface area contributed by atoms with E-state index in [2.05, 4.69) is 10.3 Å². The van der Waals surface area contributed by atoms with Gasteiger partial charge in [-0.05, 0) is 42.0 Å². The van der Waals surface area contributed by atoms with Crippen LogP contribution in [0.5, 0.6) is 0 Å². The highest BCUT2D eigenvalue weighted by Gasteiger charge is 2.14. The molecule has 9 heteroatoms. The number of nitriles is 1. The van der Waals surface area contributed by atoms with Gasteiger partial charge in [0.25, 0.3) is 5.91 Å². The Morgan fingerprint density at radius 3 is 2.59 bits per heavy atom. The van der Waals surface area contributed by atoms with Crippen LogP contribution in [0.15, 0.2) is 52.9 Å². The van der Waals surface area contributed by atoms with Gasteiger partial charge in [0.2, 0.25) is 0 Å². The van der Waals surface area contributed by atoms with E-state index in [0.717, 1.165) is 17.6 Å². The molecule has 0 fully saturated rings. The fraction of sp³-hybridized carbons (Fsp3) is 0.0556. The number of nitrogens with zero attached hydrogens (tertiary/aromatic N) is 2. The molecule has 1 amide bonds. The van der Waals surface area contributed by atoms with Gasteiger partial charge >= 0.3 is 0 Å². The van der Waals surface area contributed by atoms with Gasteiger partial charge in [-0.3, -0.25) is 10.1 Å². The summed E-state index contributed by atoms with van der Waals surface area (Å²) < 4.78 is 23.9. The number of sulfone groups is 1. The first-order valence-electron chi connectivity index (χ1n) is 7.55. The van der Waals surface area contributed by atoms with Crippen LogP contribution < -0.4 is 5.32 Å². The van der Waals surface area contributed by atoms with Crippen LogP contribution in [0.2, 0.25) is 5.02 Å². The average molecular weight is 418 g/mol. The lowest BCUT2D eigenvalue weighted by molar-refractivity contribution is -0.112. The maximum absolute atomic E-state index is 12.4. The number of benzene rings is 2. The Morgan fingerprint density at radius 2 is 1.96 bits per heavy atom. The molecule has 136 valence electrons. The lowest BCUT2D eigenvalue weighted by Gasteiger charge is -2.00. The lowest BCUT2D eigenvalue weighted by atomic mass is 10.1. The summed E-state index contributed by atoms with van der Waals surface area (Å²) in [6, 6.07) is 13.1. The van der Waals surface area contributed by atoms with Crippen LogP contribution in [0, 0.1) is 11.3 Å². The minimum Gasteiger partial charge on any atom is -0.297 e. The van der Waals surface area contributed by atoms with Crippen molar-refractivity contribution in [2.75, 3.05) is 11.6 Å². The first-order chi connectivity index (χ1) is 12.8. The van der Waals surface area contributed by atoms with Crippen molar-refractivity contribution in [3.63, 3.8) is 0 Å². The molecule has 0 atom stereocenters. The summed E-state index contributed by atoms with van der Waals surface area (Å²) in [4.78, 5) is 16.8. The number of thiazole rings is 1. The van der Waals surface area contributed by atoms with Gasteiger partial charge in [-0.1, -0.05) is 35.1 Å². The van der Waals surface area contributed by atoms with E-state index in [9.17, 15) is 18.5 Å². The van der Waals surface area contributed by atoms with Crippen molar-refractivity contribution in [3.8, 4) is 6.07 Å². The molecule has 3 rings (SSSR count). The van der Waals surface area contributed by atoms with E-state index in [-0.39, 0.29) is 15.6 Å². The second-order valence-corrected chi connectivity index (χ2v) is 9.08. The molecule has 0 spiro atoms. The van der Waals surface area contributed by atoms with Crippen LogP contribution >= 0.6 is 22.9 Å². The topological polar surface area (TPSA) is 99.9 Å². The van der Waals surface area contributed by atoms with Gasteiger partial charge in [-0.2, -0.15) is 5.26 Å². The molecule has 0 unspecified atom stereocenters. The second-order valence-electron chi connectivity index (χ2n) is 5.60. The standard InChI is InChI=1S/C18H12ClN3O3S2/c1-27(24,25)14-6-7-15-16(9-14)26-18(21-15)22-17(23)12(10-20)8-11-2-4-13(19)5-3-11/h2-9H,1H3,(H,21,22,23)/b12-8+. The van der Waals surface area contributed by atoms with Gasteiger partial charge in [0.15, 0.2) is 15.0 Å². The number of rotatable bonds is 4. The van der Waals surface area contributed by atoms with Gasteiger partial charge < -0.3 is 0 Å². The molecule has 0 aliphatic rings. The Bertz CT molecular complexity index is 1210. The molecule has 1 N–H and O–H groups in total. The monoisotopic (exact) mass is 417 g/mol. The largest absolute Gasteiger partial charge is 0.297 e. The molecule has 0 saturated carbocycles. The molecular weight excluding hydrogens is 406 g/mol. The van der Waals surface area contributed by atoms with Crippen LogP contribution in [-0.4, -0.2) is 25.6 Å². The van der Waals surface area contributed by atoms with E-state index in [0.29, 0.717) is 20.8 Å². The summed E-state index contributed by atoms with van der Waals surface area (Å²) in [5, 5.41) is 12.7. The van der Waals surface area contributed by atoms with Crippen LogP contribution in [-0.2, 0) is 14.6 Å². The molecule has 0 bridgehead atoms. The van der Waals surface area contributed by atoms with Crippen molar-refractivity contribution < 1.29 is 13.2 Å². The number of halogens is 1. The molecule has 0 aliphatic heterocycles. The highest BCUT2D eigenvalue weighted by molar-refractivity contribution is 7.90. The van der Waals surface area contributed by atoms with E-state index in [4.69, 9.17) is 11.6 Å². The third-order valence-corrected chi connectivity index (χ3v) is 5.85. The van der Waals surface area contributed by atoms with E-state index in [1.807, 2.05) is 6.07 Å². The predicted octanol–water partition coefficient (Wildman–Crippen LogP) is 3.90. The predicted molar refractivity (Wildman–Crippen MR) is 106 cm³/mol. The Morgan fingerprint density at radius 1 is 1.26 bits per heavy atom. The van der Waals surface area contributed by atoms with E-state index in [1.165, 1.54) is 18.2 Å². The van der Waals surface area contributed by atoms with Crippen molar-refractivity contribution >= 4 is 60.1 Å². The van der Waals surface area contributed by atoms with Crippen molar-refractivity contribution in [2.24, 2.45) is 0 Å². The molecule has 6 nitrogen and oxygen atoms in total. The van der Waals surface area contributed by atoms with Crippen molar-refractivity contribution in [3.05, 3.63) is 58.6 Å². The van der Waals surface area contributed by atoms with E-state index >= 15 is 0 Å². The van der Waals surface area contributed by atoms with Crippen LogP contribution in [0.1, 0.15) is 5.56 Å². The number of carbonyl (C=O) groups is 1. The summed E-state index contributed by atoms with van der Waals surface area (Å²) in [5.74, 6) is -0.602. The highest BCUT2D eigenvalue weighted by atomic mass is 35.5. The number of nitrogens with one attached hydrogen (secondary N) is 1. The van der Waals surface area contributed by atoms with E-state index < -0.39 is 15.7 Å². The second kappa shape index (κ2) is 7.48. The summed E-state index contributed by atoms with van der Waals surface area (Å²) in [5.41, 5.74) is 1.13. The maximum Gasteiger partial charge on any atom is 0.268 e. The summed E-state index contributed by atoms with van der Waals surface area (Å²) in [6.07, 6.45) is 2.57. The van der Waals surface area contributed by atoms with Gasteiger partial charge in [0.05, 0.1) is 15.1 Å². The summed E-state index contributed by atoms with van der Waals surface area (Å²) >= 11 is 6.95. The third kappa shape index (κ3) is 4.52.